The molecular weight excluding hydrogens is 298 g/mol. The lowest BCUT2D eigenvalue weighted by atomic mass is 10.0. The highest BCUT2D eigenvalue weighted by Gasteiger charge is 2.23. The predicted octanol–water partition coefficient (Wildman–Crippen LogP) is 1.45. The number of carbonyl (C=O) groups is 3. The van der Waals surface area contributed by atoms with E-state index in [9.17, 15) is 14.4 Å². The molecule has 0 aromatic heterocycles. The number of anilines is 1. The topological polar surface area (TPSA) is 98.7 Å². The van der Waals surface area contributed by atoms with Crippen LogP contribution in [0.15, 0.2) is 24.3 Å². The Morgan fingerprint density at radius 2 is 1.96 bits per heavy atom. The molecule has 1 fully saturated rings. The van der Waals surface area contributed by atoms with Gasteiger partial charge in [0.15, 0.2) is 0 Å². The van der Waals surface area contributed by atoms with Gasteiger partial charge < -0.3 is 15.7 Å². The van der Waals surface area contributed by atoms with Crippen molar-refractivity contribution in [2.24, 2.45) is 5.92 Å². The van der Waals surface area contributed by atoms with Crippen molar-refractivity contribution < 1.29 is 19.5 Å². The molecule has 1 atom stereocenters. The van der Waals surface area contributed by atoms with Gasteiger partial charge in [-0.05, 0) is 36.6 Å². The van der Waals surface area contributed by atoms with Crippen molar-refractivity contribution in [3.05, 3.63) is 29.8 Å². The zero-order valence-corrected chi connectivity index (χ0v) is 13.2. The minimum absolute atomic E-state index is 0.160. The first-order valence-electron chi connectivity index (χ1n) is 7.57. The number of aliphatic carboxylic acids is 1. The summed E-state index contributed by atoms with van der Waals surface area (Å²) in [6, 6.07) is 5.46. The highest BCUT2D eigenvalue weighted by atomic mass is 16.4. The molecule has 0 unspecified atom stereocenters. The van der Waals surface area contributed by atoms with Crippen LogP contribution in [0.2, 0.25) is 0 Å². The van der Waals surface area contributed by atoms with Gasteiger partial charge in [0, 0.05) is 24.3 Å². The molecule has 1 heterocycles. The number of amides is 3. The molecule has 1 saturated heterocycles. The molecule has 23 heavy (non-hydrogen) atoms. The fourth-order valence-electron chi connectivity index (χ4n) is 2.45. The van der Waals surface area contributed by atoms with Crippen LogP contribution >= 0.6 is 0 Å². The average molecular weight is 319 g/mol. The second-order valence-corrected chi connectivity index (χ2v) is 5.92. The summed E-state index contributed by atoms with van der Waals surface area (Å²) in [5, 5.41) is 14.4. The molecule has 1 aliphatic heterocycles. The SMILES string of the molecule is CC(C)C[C@@H](NC(=O)c1ccc(N2CCNC2=O)cc1)C(=O)O. The molecule has 1 aliphatic rings. The number of hydrogen-bond donors (Lipinski definition) is 3. The van der Waals surface area contributed by atoms with Crippen LogP contribution in [0.5, 0.6) is 0 Å². The molecule has 0 radical (unpaired) electrons. The number of carboxylic acids is 1. The van der Waals surface area contributed by atoms with Gasteiger partial charge in [0.1, 0.15) is 6.04 Å². The van der Waals surface area contributed by atoms with Gasteiger partial charge in [-0.3, -0.25) is 9.69 Å². The quantitative estimate of drug-likeness (QED) is 0.739. The van der Waals surface area contributed by atoms with E-state index in [0.29, 0.717) is 30.8 Å². The summed E-state index contributed by atoms with van der Waals surface area (Å²) >= 11 is 0. The molecular formula is C16H21N3O4. The summed E-state index contributed by atoms with van der Waals surface area (Å²) in [5.41, 5.74) is 1.07. The summed E-state index contributed by atoms with van der Waals surface area (Å²) in [6.45, 7) is 4.98. The van der Waals surface area contributed by atoms with Crippen LogP contribution in [0, 0.1) is 5.92 Å². The summed E-state index contributed by atoms with van der Waals surface area (Å²) in [7, 11) is 0. The van der Waals surface area contributed by atoms with Gasteiger partial charge in [0.05, 0.1) is 0 Å². The average Bonchev–Trinajstić information content (AvgIpc) is 2.92. The Morgan fingerprint density at radius 3 is 2.43 bits per heavy atom. The normalized spacial score (nSPS) is 15.4. The third-order valence-electron chi connectivity index (χ3n) is 3.61. The van der Waals surface area contributed by atoms with Gasteiger partial charge in [-0.15, -0.1) is 0 Å². The van der Waals surface area contributed by atoms with Crippen LogP contribution < -0.4 is 15.5 Å². The molecule has 0 spiro atoms. The summed E-state index contributed by atoms with van der Waals surface area (Å²) < 4.78 is 0. The standard InChI is InChI=1S/C16H21N3O4/c1-10(2)9-13(15(21)22)18-14(20)11-3-5-12(6-4-11)19-8-7-17-16(19)23/h3-6,10,13H,7-9H2,1-2H3,(H,17,23)(H,18,20)(H,21,22)/t13-/m1/s1. The lowest BCUT2D eigenvalue weighted by Gasteiger charge is -2.17. The number of hydrogen-bond acceptors (Lipinski definition) is 3. The van der Waals surface area contributed by atoms with Gasteiger partial charge in [-0.25, -0.2) is 9.59 Å². The summed E-state index contributed by atoms with van der Waals surface area (Å²) in [6.07, 6.45) is 0.368. The Balaban J connectivity index is 2.04. The second-order valence-electron chi connectivity index (χ2n) is 5.92. The van der Waals surface area contributed by atoms with Crippen LogP contribution in [-0.4, -0.2) is 42.1 Å². The van der Waals surface area contributed by atoms with Crippen molar-refractivity contribution in [1.82, 2.24) is 10.6 Å². The zero-order valence-electron chi connectivity index (χ0n) is 13.2. The largest absolute Gasteiger partial charge is 0.480 e. The van der Waals surface area contributed by atoms with Crippen molar-refractivity contribution in [3.8, 4) is 0 Å². The molecule has 1 aromatic rings. The van der Waals surface area contributed by atoms with Crippen molar-refractivity contribution >= 4 is 23.6 Å². The van der Waals surface area contributed by atoms with Crippen LogP contribution in [0.3, 0.4) is 0 Å². The Bertz CT molecular complexity index is 598. The van der Waals surface area contributed by atoms with Crippen LogP contribution in [0.4, 0.5) is 10.5 Å². The molecule has 7 nitrogen and oxygen atoms in total. The maximum Gasteiger partial charge on any atom is 0.326 e. The minimum Gasteiger partial charge on any atom is -0.480 e. The third-order valence-corrected chi connectivity index (χ3v) is 3.61. The number of urea groups is 1. The highest BCUT2D eigenvalue weighted by molar-refractivity contribution is 5.98. The van der Waals surface area contributed by atoms with Gasteiger partial charge in [0.2, 0.25) is 0 Å². The number of nitrogens with zero attached hydrogens (tertiary/aromatic N) is 1. The fraction of sp³-hybridized carbons (Fsp3) is 0.438. The van der Waals surface area contributed by atoms with Crippen LogP contribution in [0.1, 0.15) is 30.6 Å². The second kappa shape index (κ2) is 7.13. The van der Waals surface area contributed by atoms with Gasteiger partial charge in [-0.2, -0.15) is 0 Å². The Kier molecular flexibility index (Phi) is 5.20. The van der Waals surface area contributed by atoms with Crippen LogP contribution in [0.25, 0.3) is 0 Å². The molecule has 1 aromatic carbocycles. The number of nitrogens with one attached hydrogen (secondary N) is 2. The Labute approximate surface area is 134 Å². The molecule has 0 saturated carbocycles. The molecule has 124 valence electrons. The summed E-state index contributed by atoms with van der Waals surface area (Å²) in [4.78, 5) is 36.5. The van der Waals surface area contributed by atoms with E-state index in [2.05, 4.69) is 10.6 Å². The molecule has 0 bridgehead atoms. The van der Waals surface area contributed by atoms with Crippen molar-refractivity contribution in [2.75, 3.05) is 18.0 Å². The molecule has 3 amide bonds. The van der Waals surface area contributed by atoms with E-state index >= 15 is 0 Å². The van der Waals surface area contributed by atoms with Crippen molar-refractivity contribution in [3.63, 3.8) is 0 Å². The minimum atomic E-state index is -1.04. The Hall–Kier alpha value is -2.57. The number of carboxylic acid groups (broad SMARTS) is 1. The number of rotatable bonds is 6. The van der Waals surface area contributed by atoms with E-state index in [-0.39, 0.29) is 11.9 Å². The highest BCUT2D eigenvalue weighted by Crippen LogP contribution is 2.17. The molecule has 3 N–H and O–H groups in total. The lowest BCUT2D eigenvalue weighted by Crippen LogP contribution is -2.41. The predicted molar refractivity (Wildman–Crippen MR) is 85.5 cm³/mol. The van der Waals surface area contributed by atoms with E-state index in [1.165, 1.54) is 0 Å². The summed E-state index contributed by atoms with van der Waals surface area (Å²) in [5.74, 6) is -1.32. The first-order valence-corrected chi connectivity index (χ1v) is 7.57. The van der Waals surface area contributed by atoms with E-state index < -0.39 is 17.9 Å². The number of benzene rings is 1. The zero-order chi connectivity index (χ0) is 17.0. The monoisotopic (exact) mass is 319 g/mol. The van der Waals surface area contributed by atoms with E-state index in [1.807, 2.05) is 13.8 Å². The van der Waals surface area contributed by atoms with E-state index in [4.69, 9.17) is 5.11 Å². The Morgan fingerprint density at radius 1 is 1.30 bits per heavy atom. The maximum atomic E-state index is 12.2. The first-order chi connectivity index (χ1) is 10.9. The van der Waals surface area contributed by atoms with Gasteiger partial charge in [-0.1, -0.05) is 13.8 Å². The lowest BCUT2D eigenvalue weighted by molar-refractivity contribution is -0.139. The van der Waals surface area contributed by atoms with Gasteiger partial charge in [0.25, 0.3) is 5.91 Å². The molecule has 7 heteroatoms. The fourth-order valence-corrected chi connectivity index (χ4v) is 2.45. The van der Waals surface area contributed by atoms with E-state index in [0.717, 1.165) is 0 Å². The van der Waals surface area contributed by atoms with E-state index in [1.54, 1.807) is 29.2 Å². The molecule has 0 aliphatic carbocycles. The van der Waals surface area contributed by atoms with Gasteiger partial charge >= 0.3 is 12.0 Å². The first kappa shape index (κ1) is 16.8. The van der Waals surface area contributed by atoms with Crippen LogP contribution in [-0.2, 0) is 4.79 Å². The third kappa shape index (κ3) is 4.21. The van der Waals surface area contributed by atoms with Crippen molar-refractivity contribution in [2.45, 2.75) is 26.3 Å². The molecule has 2 rings (SSSR count). The number of carbonyl (C=O) groups excluding carboxylic acids is 2. The van der Waals surface area contributed by atoms with Crippen molar-refractivity contribution in [1.29, 1.82) is 0 Å². The maximum absolute atomic E-state index is 12.2. The smallest absolute Gasteiger partial charge is 0.326 e.